The minimum Gasteiger partial charge on any atom is -0.496 e. The highest BCUT2D eigenvalue weighted by Crippen LogP contribution is 2.31. The van der Waals surface area contributed by atoms with Crippen molar-refractivity contribution in [1.29, 1.82) is 0 Å². The van der Waals surface area contributed by atoms with Gasteiger partial charge in [-0.2, -0.15) is 0 Å². The monoisotopic (exact) mass is 245 g/mol. The van der Waals surface area contributed by atoms with Crippen LogP contribution in [0.1, 0.15) is 17.4 Å². The Bertz CT molecular complexity index is 596. The second kappa shape index (κ2) is 4.91. The van der Waals surface area contributed by atoms with E-state index in [1.807, 2.05) is 6.92 Å². The number of nitrogens with one attached hydrogen (secondary N) is 1. The first-order valence-electron chi connectivity index (χ1n) is 5.68. The Morgan fingerprint density at radius 3 is 2.89 bits per heavy atom. The molecule has 0 unspecified atom stereocenters. The first-order chi connectivity index (χ1) is 8.69. The second-order valence-corrected chi connectivity index (χ2v) is 3.80. The number of hydrogen-bond donors (Lipinski definition) is 2. The Hall–Kier alpha value is -2.30. The third-order valence-corrected chi connectivity index (χ3v) is 2.69. The molecule has 1 heterocycles. The zero-order chi connectivity index (χ0) is 13.1. The van der Waals surface area contributed by atoms with Crippen LogP contribution in [0.3, 0.4) is 0 Å². The maximum atomic E-state index is 11.9. The van der Waals surface area contributed by atoms with Gasteiger partial charge in [0.05, 0.1) is 7.11 Å². The van der Waals surface area contributed by atoms with Crippen molar-refractivity contribution in [2.24, 2.45) is 0 Å². The standard InChI is InChI=1S/C13H15N3O2/c1-3-15-13(17)12-11-8(6-7-16-12)10(18-2)5-4-9(11)14/h4-7H,3,14H2,1-2H3,(H,15,17). The quantitative estimate of drug-likeness (QED) is 0.805. The summed E-state index contributed by atoms with van der Waals surface area (Å²) in [6, 6.07) is 5.28. The van der Waals surface area contributed by atoms with Crippen molar-refractivity contribution in [3.05, 3.63) is 30.1 Å². The molecule has 3 N–H and O–H groups in total. The van der Waals surface area contributed by atoms with Crippen molar-refractivity contribution in [3.8, 4) is 5.75 Å². The summed E-state index contributed by atoms with van der Waals surface area (Å²) in [7, 11) is 1.58. The fourth-order valence-corrected chi connectivity index (χ4v) is 1.89. The van der Waals surface area contributed by atoms with Gasteiger partial charge < -0.3 is 15.8 Å². The number of carbonyl (C=O) groups is 1. The molecule has 0 aliphatic carbocycles. The minimum atomic E-state index is -0.233. The lowest BCUT2D eigenvalue weighted by atomic mass is 10.1. The second-order valence-electron chi connectivity index (χ2n) is 3.80. The normalized spacial score (nSPS) is 10.3. The van der Waals surface area contributed by atoms with Crippen LogP contribution in [-0.2, 0) is 0 Å². The first-order valence-corrected chi connectivity index (χ1v) is 5.68. The van der Waals surface area contributed by atoms with E-state index in [0.29, 0.717) is 29.1 Å². The van der Waals surface area contributed by atoms with Crippen molar-refractivity contribution >= 4 is 22.4 Å². The number of nitrogen functional groups attached to an aromatic ring is 1. The number of anilines is 1. The summed E-state index contributed by atoms with van der Waals surface area (Å²) in [5, 5.41) is 4.13. The molecule has 0 atom stereocenters. The number of fused-ring (bicyclic) bond motifs is 1. The van der Waals surface area contributed by atoms with E-state index >= 15 is 0 Å². The van der Waals surface area contributed by atoms with Crippen LogP contribution >= 0.6 is 0 Å². The maximum Gasteiger partial charge on any atom is 0.270 e. The van der Waals surface area contributed by atoms with Crippen molar-refractivity contribution < 1.29 is 9.53 Å². The molecule has 94 valence electrons. The van der Waals surface area contributed by atoms with Gasteiger partial charge in [0.15, 0.2) is 0 Å². The van der Waals surface area contributed by atoms with Gasteiger partial charge in [0, 0.05) is 29.2 Å². The molecule has 0 fully saturated rings. The third-order valence-electron chi connectivity index (χ3n) is 2.69. The zero-order valence-electron chi connectivity index (χ0n) is 10.4. The van der Waals surface area contributed by atoms with Gasteiger partial charge >= 0.3 is 0 Å². The van der Waals surface area contributed by atoms with Crippen LogP contribution in [0.15, 0.2) is 24.4 Å². The van der Waals surface area contributed by atoms with Crippen molar-refractivity contribution in [1.82, 2.24) is 10.3 Å². The first kappa shape index (κ1) is 12.2. The fourth-order valence-electron chi connectivity index (χ4n) is 1.89. The Kier molecular flexibility index (Phi) is 3.32. The number of rotatable bonds is 3. The summed E-state index contributed by atoms with van der Waals surface area (Å²) in [5.74, 6) is 0.440. The zero-order valence-corrected chi connectivity index (χ0v) is 10.4. The van der Waals surface area contributed by atoms with Gasteiger partial charge in [-0.15, -0.1) is 0 Å². The van der Waals surface area contributed by atoms with Crippen molar-refractivity contribution in [3.63, 3.8) is 0 Å². The molecule has 5 heteroatoms. The molecule has 0 bridgehead atoms. The van der Waals surface area contributed by atoms with E-state index in [9.17, 15) is 4.79 Å². The molecular formula is C13H15N3O2. The predicted octanol–water partition coefficient (Wildman–Crippen LogP) is 1.58. The van der Waals surface area contributed by atoms with E-state index < -0.39 is 0 Å². The lowest BCUT2D eigenvalue weighted by Gasteiger charge is -2.11. The van der Waals surface area contributed by atoms with Crippen molar-refractivity contribution in [2.75, 3.05) is 19.4 Å². The van der Waals surface area contributed by atoms with Gasteiger partial charge in [-0.3, -0.25) is 9.78 Å². The van der Waals surface area contributed by atoms with Crippen LogP contribution in [0.2, 0.25) is 0 Å². The highest BCUT2D eigenvalue weighted by Gasteiger charge is 2.15. The van der Waals surface area contributed by atoms with Gasteiger partial charge in [-0.1, -0.05) is 0 Å². The number of hydrogen-bond acceptors (Lipinski definition) is 4. The number of aromatic nitrogens is 1. The van der Waals surface area contributed by atoms with Gasteiger partial charge in [0.25, 0.3) is 5.91 Å². The molecule has 0 radical (unpaired) electrons. The van der Waals surface area contributed by atoms with E-state index in [2.05, 4.69) is 10.3 Å². The Labute approximate surface area is 105 Å². The molecule has 1 amide bonds. The fraction of sp³-hybridized carbons (Fsp3) is 0.231. The molecule has 2 aromatic rings. The molecule has 0 spiro atoms. The lowest BCUT2D eigenvalue weighted by Crippen LogP contribution is -2.24. The number of ether oxygens (including phenoxy) is 1. The molecule has 5 nitrogen and oxygen atoms in total. The minimum absolute atomic E-state index is 0.233. The number of pyridine rings is 1. The van der Waals surface area contributed by atoms with E-state index in [1.54, 1.807) is 31.5 Å². The number of nitrogens with zero attached hydrogens (tertiary/aromatic N) is 1. The molecule has 0 aliphatic heterocycles. The molecule has 1 aromatic carbocycles. The van der Waals surface area contributed by atoms with E-state index in [-0.39, 0.29) is 5.91 Å². The highest BCUT2D eigenvalue weighted by atomic mass is 16.5. The number of amides is 1. The molecule has 0 saturated carbocycles. The largest absolute Gasteiger partial charge is 0.496 e. The summed E-state index contributed by atoms with van der Waals surface area (Å²) < 4.78 is 5.26. The van der Waals surface area contributed by atoms with E-state index in [1.165, 1.54) is 0 Å². The maximum absolute atomic E-state index is 11.9. The number of carbonyl (C=O) groups excluding carboxylic acids is 1. The van der Waals surface area contributed by atoms with Crippen LogP contribution in [0.4, 0.5) is 5.69 Å². The van der Waals surface area contributed by atoms with E-state index in [0.717, 1.165) is 5.39 Å². The average Bonchev–Trinajstić information content (AvgIpc) is 2.39. The van der Waals surface area contributed by atoms with Gasteiger partial charge in [0.2, 0.25) is 0 Å². The van der Waals surface area contributed by atoms with E-state index in [4.69, 9.17) is 10.5 Å². The Morgan fingerprint density at radius 1 is 1.44 bits per heavy atom. The molecule has 0 saturated heterocycles. The van der Waals surface area contributed by atoms with Crippen LogP contribution in [-0.4, -0.2) is 24.5 Å². The lowest BCUT2D eigenvalue weighted by molar-refractivity contribution is 0.0952. The summed E-state index contributed by atoms with van der Waals surface area (Å²) in [6.07, 6.45) is 1.58. The van der Waals surface area contributed by atoms with Crippen LogP contribution in [0, 0.1) is 0 Å². The summed E-state index contributed by atoms with van der Waals surface area (Å²) in [6.45, 7) is 2.40. The smallest absolute Gasteiger partial charge is 0.270 e. The Balaban J connectivity index is 2.72. The molecular weight excluding hydrogens is 230 g/mol. The molecule has 1 aromatic heterocycles. The Morgan fingerprint density at radius 2 is 2.22 bits per heavy atom. The predicted molar refractivity (Wildman–Crippen MR) is 70.7 cm³/mol. The molecule has 18 heavy (non-hydrogen) atoms. The van der Waals surface area contributed by atoms with Crippen LogP contribution < -0.4 is 15.8 Å². The van der Waals surface area contributed by atoms with Crippen LogP contribution in [0.5, 0.6) is 5.75 Å². The summed E-state index contributed by atoms with van der Waals surface area (Å²) in [4.78, 5) is 16.1. The van der Waals surface area contributed by atoms with Gasteiger partial charge in [0.1, 0.15) is 11.4 Å². The SMILES string of the molecule is CCNC(=O)c1nccc2c(OC)ccc(N)c12. The highest BCUT2D eigenvalue weighted by molar-refractivity contribution is 6.11. The topological polar surface area (TPSA) is 77.2 Å². The number of nitrogens with two attached hydrogens (primary N) is 1. The number of methoxy groups -OCH3 is 1. The molecule has 2 rings (SSSR count). The summed E-state index contributed by atoms with van der Waals surface area (Å²) in [5.41, 5.74) is 6.78. The van der Waals surface area contributed by atoms with Gasteiger partial charge in [-0.05, 0) is 25.1 Å². The van der Waals surface area contributed by atoms with Gasteiger partial charge in [-0.25, -0.2) is 0 Å². The summed E-state index contributed by atoms with van der Waals surface area (Å²) >= 11 is 0. The van der Waals surface area contributed by atoms with Crippen molar-refractivity contribution in [2.45, 2.75) is 6.92 Å². The number of benzene rings is 1. The van der Waals surface area contributed by atoms with Crippen LogP contribution in [0.25, 0.3) is 10.8 Å². The molecule has 0 aliphatic rings. The average molecular weight is 245 g/mol. The third kappa shape index (κ3) is 1.95.